The van der Waals surface area contributed by atoms with Gasteiger partial charge in [-0.3, -0.25) is 0 Å². The lowest BCUT2D eigenvalue weighted by Crippen LogP contribution is -1.91. The van der Waals surface area contributed by atoms with Gasteiger partial charge in [0.2, 0.25) is 0 Å². The van der Waals surface area contributed by atoms with Gasteiger partial charge in [0.05, 0.1) is 7.11 Å². The van der Waals surface area contributed by atoms with E-state index >= 15 is 0 Å². The summed E-state index contributed by atoms with van der Waals surface area (Å²) in [6, 6.07) is 12.6. The van der Waals surface area contributed by atoms with Gasteiger partial charge in [-0.05, 0) is 22.9 Å². The average Bonchev–Trinajstić information content (AvgIpc) is 2.39. The van der Waals surface area contributed by atoms with Crippen molar-refractivity contribution in [3.05, 3.63) is 42.0 Å². The number of methoxy groups -OCH3 is 1. The van der Waals surface area contributed by atoms with Gasteiger partial charge in [-0.1, -0.05) is 58.0 Å². The minimum atomic E-state index is 0.542. The molecule has 0 atom stereocenters. The quantitative estimate of drug-likeness (QED) is 0.705. The molecule has 0 fully saturated rings. The zero-order valence-electron chi connectivity index (χ0n) is 11.4. The van der Waals surface area contributed by atoms with Crippen LogP contribution in [0.5, 0.6) is 5.75 Å². The SMILES string of the molecule is CC.COc1cccc2c(C(C)C)cccc12. The van der Waals surface area contributed by atoms with E-state index in [1.165, 1.54) is 16.3 Å². The number of rotatable bonds is 2. The number of benzene rings is 2. The number of hydrogen-bond donors (Lipinski definition) is 0. The van der Waals surface area contributed by atoms with Gasteiger partial charge in [0, 0.05) is 5.39 Å². The topological polar surface area (TPSA) is 9.23 Å². The van der Waals surface area contributed by atoms with E-state index in [2.05, 4.69) is 38.1 Å². The fraction of sp³-hybridized carbons (Fsp3) is 0.375. The van der Waals surface area contributed by atoms with Gasteiger partial charge >= 0.3 is 0 Å². The summed E-state index contributed by atoms with van der Waals surface area (Å²) in [6.07, 6.45) is 0. The fourth-order valence-electron chi connectivity index (χ4n) is 1.99. The minimum absolute atomic E-state index is 0.542. The second-order valence-electron chi connectivity index (χ2n) is 4.06. The normalized spacial score (nSPS) is 10.0. The van der Waals surface area contributed by atoms with E-state index in [-0.39, 0.29) is 0 Å². The van der Waals surface area contributed by atoms with Crippen molar-refractivity contribution < 1.29 is 4.74 Å². The van der Waals surface area contributed by atoms with Crippen LogP contribution in [0.15, 0.2) is 36.4 Å². The molecule has 17 heavy (non-hydrogen) atoms. The van der Waals surface area contributed by atoms with Crippen molar-refractivity contribution in [2.75, 3.05) is 7.11 Å². The molecule has 2 aromatic carbocycles. The molecule has 0 saturated heterocycles. The van der Waals surface area contributed by atoms with Gasteiger partial charge in [0.15, 0.2) is 0 Å². The first-order valence-electron chi connectivity index (χ1n) is 6.29. The van der Waals surface area contributed by atoms with Crippen molar-refractivity contribution in [3.63, 3.8) is 0 Å². The highest BCUT2D eigenvalue weighted by Gasteiger charge is 2.06. The minimum Gasteiger partial charge on any atom is -0.496 e. The number of ether oxygens (including phenoxy) is 1. The molecule has 0 spiro atoms. The lowest BCUT2D eigenvalue weighted by molar-refractivity contribution is 0.420. The van der Waals surface area contributed by atoms with Gasteiger partial charge < -0.3 is 4.74 Å². The molecular weight excluding hydrogens is 208 g/mol. The zero-order valence-corrected chi connectivity index (χ0v) is 11.4. The molecule has 0 aromatic heterocycles. The Morgan fingerprint density at radius 1 is 0.882 bits per heavy atom. The molecule has 0 aliphatic carbocycles. The molecule has 0 bridgehead atoms. The first kappa shape index (κ1) is 13.6. The van der Waals surface area contributed by atoms with Crippen LogP contribution < -0.4 is 4.74 Å². The van der Waals surface area contributed by atoms with Gasteiger partial charge in [-0.15, -0.1) is 0 Å². The van der Waals surface area contributed by atoms with Gasteiger partial charge in [-0.25, -0.2) is 0 Å². The van der Waals surface area contributed by atoms with Crippen LogP contribution in [0.2, 0.25) is 0 Å². The first-order chi connectivity index (χ1) is 8.24. The monoisotopic (exact) mass is 230 g/mol. The second-order valence-corrected chi connectivity index (χ2v) is 4.06. The second kappa shape index (κ2) is 6.29. The molecule has 2 rings (SSSR count). The first-order valence-corrected chi connectivity index (χ1v) is 6.29. The molecule has 0 heterocycles. The predicted molar refractivity (Wildman–Crippen MR) is 75.9 cm³/mol. The van der Waals surface area contributed by atoms with Crippen molar-refractivity contribution in [2.24, 2.45) is 0 Å². The average molecular weight is 230 g/mol. The van der Waals surface area contributed by atoms with Crippen molar-refractivity contribution in [3.8, 4) is 5.75 Å². The van der Waals surface area contributed by atoms with Gasteiger partial charge in [-0.2, -0.15) is 0 Å². The summed E-state index contributed by atoms with van der Waals surface area (Å²) in [5.74, 6) is 1.50. The lowest BCUT2D eigenvalue weighted by atomic mass is 9.96. The Morgan fingerprint density at radius 2 is 1.47 bits per heavy atom. The lowest BCUT2D eigenvalue weighted by Gasteiger charge is -2.11. The summed E-state index contributed by atoms with van der Waals surface area (Å²) in [5, 5.41) is 2.50. The molecule has 0 aliphatic rings. The summed E-state index contributed by atoms with van der Waals surface area (Å²) in [4.78, 5) is 0. The maximum Gasteiger partial charge on any atom is 0.126 e. The van der Waals surface area contributed by atoms with Crippen LogP contribution in [0.4, 0.5) is 0 Å². The molecule has 0 aliphatic heterocycles. The van der Waals surface area contributed by atoms with Crippen LogP contribution in [0, 0.1) is 0 Å². The molecule has 1 nitrogen and oxygen atoms in total. The molecule has 0 unspecified atom stereocenters. The maximum absolute atomic E-state index is 5.36. The Kier molecular flexibility index (Phi) is 5.02. The van der Waals surface area contributed by atoms with E-state index in [4.69, 9.17) is 4.74 Å². The summed E-state index contributed by atoms with van der Waals surface area (Å²) in [5.41, 5.74) is 1.38. The van der Waals surface area contributed by atoms with Crippen LogP contribution in [0.25, 0.3) is 10.8 Å². The van der Waals surface area contributed by atoms with E-state index in [9.17, 15) is 0 Å². The molecule has 0 N–H and O–H groups in total. The van der Waals surface area contributed by atoms with Crippen LogP contribution in [0.1, 0.15) is 39.2 Å². The third-order valence-electron chi connectivity index (χ3n) is 2.76. The number of fused-ring (bicyclic) bond motifs is 1. The smallest absolute Gasteiger partial charge is 0.126 e. The van der Waals surface area contributed by atoms with Crippen LogP contribution in [-0.4, -0.2) is 7.11 Å². The Balaban J connectivity index is 0.000000686. The maximum atomic E-state index is 5.36. The van der Waals surface area contributed by atoms with Crippen LogP contribution in [0.3, 0.4) is 0 Å². The van der Waals surface area contributed by atoms with E-state index in [1.54, 1.807) is 7.11 Å². The Morgan fingerprint density at radius 3 is 2.06 bits per heavy atom. The van der Waals surface area contributed by atoms with Crippen molar-refractivity contribution >= 4 is 10.8 Å². The van der Waals surface area contributed by atoms with E-state index in [1.807, 2.05) is 26.0 Å². The highest BCUT2D eigenvalue weighted by atomic mass is 16.5. The van der Waals surface area contributed by atoms with Crippen molar-refractivity contribution in [1.29, 1.82) is 0 Å². The molecule has 0 amide bonds. The molecule has 2 aromatic rings. The third kappa shape index (κ3) is 2.79. The van der Waals surface area contributed by atoms with Crippen molar-refractivity contribution in [1.82, 2.24) is 0 Å². The van der Waals surface area contributed by atoms with Crippen molar-refractivity contribution in [2.45, 2.75) is 33.6 Å². The van der Waals surface area contributed by atoms with E-state index in [0.717, 1.165) is 5.75 Å². The standard InChI is InChI=1S/C14H16O.C2H6/c1-10(2)11-6-4-8-13-12(11)7-5-9-14(13)15-3;1-2/h4-10H,1-3H3;1-2H3. The Labute approximate surface area is 104 Å². The van der Waals surface area contributed by atoms with E-state index < -0.39 is 0 Å². The predicted octanol–water partition coefficient (Wildman–Crippen LogP) is 5.00. The highest BCUT2D eigenvalue weighted by molar-refractivity contribution is 5.91. The summed E-state index contributed by atoms with van der Waals surface area (Å²) < 4.78 is 5.36. The van der Waals surface area contributed by atoms with E-state index in [0.29, 0.717) is 5.92 Å². The molecule has 0 radical (unpaired) electrons. The molecular formula is C16H22O. The van der Waals surface area contributed by atoms with Gasteiger partial charge in [0.1, 0.15) is 5.75 Å². The number of hydrogen-bond acceptors (Lipinski definition) is 1. The van der Waals surface area contributed by atoms with Crippen LogP contribution >= 0.6 is 0 Å². The molecule has 0 saturated carbocycles. The van der Waals surface area contributed by atoms with Crippen LogP contribution in [-0.2, 0) is 0 Å². The summed E-state index contributed by atoms with van der Waals surface area (Å²) in [7, 11) is 1.72. The summed E-state index contributed by atoms with van der Waals surface area (Å²) >= 11 is 0. The summed E-state index contributed by atoms with van der Waals surface area (Å²) in [6.45, 7) is 8.43. The largest absolute Gasteiger partial charge is 0.496 e. The molecule has 1 heteroatoms. The fourth-order valence-corrected chi connectivity index (χ4v) is 1.99. The third-order valence-corrected chi connectivity index (χ3v) is 2.76. The van der Waals surface area contributed by atoms with Gasteiger partial charge in [0.25, 0.3) is 0 Å². The Bertz CT molecular complexity index is 472. The zero-order chi connectivity index (χ0) is 12.8. The molecule has 92 valence electrons. The highest BCUT2D eigenvalue weighted by Crippen LogP contribution is 2.30. The Hall–Kier alpha value is -1.50.